The molecule has 0 heterocycles. The van der Waals surface area contributed by atoms with Crippen LogP contribution in [0.15, 0.2) is 18.2 Å². The Morgan fingerprint density at radius 1 is 1.23 bits per heavy atom. The van der Waals surface area contributed by atoms with Gasteiger partial charge in [0.15, 0.2) is 0 Å². The second kappa shape index (κ2) is 7.84. The molecule has 0 aliphatic heterocycles. The average Bonchev–Trinajstić information content (AvgIpc) is 3.00. The van der Waals surface area contributed by atoms with E-state index in [2.05, 4.69) is 10.6 Å². The molecule has 1 aliphatic carbocycles. The van der Waals surface area contributed by atoms with E-state index < -0.39 is 11.9 Å². The SMILES string of the molecule is CNC(=O)NC(=O)[C@H](CC1CCCC1)c1ccc(Cl)c(Cl)c1. The molecule has 0 spiro atoms. The Labute approximate surface area is 140 Å². The van der Waals surface area contributed by atoms with Crippen LogP contribution in [0.3, 0.4) is 0 Å². The first kappa shape index (κ1) is 17.1. The topological polar surface area (TPSA) is 58.2 Å². The summed E-state index contributed by atoms with van der Waals surface area (Å²) in [6.45, 7) is 0. The van der Waals surface area contributed by atoms with Gasteiger partial charge in [-0.3, -0.25) is 10.1 Å². The molecule has 1 saturated carbocycles. The lowest BCUT2D eigenvalue weighted by Gasteiger charge is -2.20. The number of amides is 3. The van der Waals surface area contributed by atoms with Crippen molar-refractivity contribution in [3.05, 3.63) is 33.8 Å². The van der Waals surface area contributed by atoms with E-state index in [1.807, 2.05) is 0 Å². The molecular formula is C16H20Cl2N2O2. The second-order valence-electron chi connectivity index (χ2n) is 5.68. The first-order valence-electron chi connectivity index (χ1n) is 7.48. The van der Waals surface area contributed by atoms with Crippen LogP contribution in [-0.2, 0) is 4.79 Å². The van der Waals surface area contributed by atoms with Gasteiger partial charge in [0.05, 0.1) is 16.0 Å². The maximum atomic E-state index is 12.4. The first-order valence-corrected chi connectivity index (χ1v) is 8.24. The molecule has 2 N–H and O–H groups in total. The van der Waals surface area contributed by atoms with Crippen LogP contribution in [-0.4, -0.2) is 19.0 Å². The molecule has 0 radical (unpaired) electrons. The van der Waals surface area contributed by atoms with Crippen LogP contribution in [0.25, 0.3) is 0 Å². The fraction of sp³-hybridized carbons (Fsp3) is 0.500. The van der Waals surface area contributed by atoms with Gasteiger partial charge in [-0.25, -0.2) is 4.79 Å². The Bertz CT molecular complexity index is 557. The van der Waals surface area contributed by atoms with Gasteiger partial charge >= 0.3 is 6.03 Å². The Balaban J connectivity index is 2.20. The van der Waals surface area contributed by atoms with Crippen LogP contribution in [0.1, 0.15) is 43.6 Å². The minimum absolute atomic E-state index is 0.301. The zero-order valence-corrected chi connectivity index (χ0v) is 14.0. The molecule has 120 valence electrons. The van der Waals surface area contributed by atoms with E-state index in [0.717, 1.165) is 24.8 Å². The fourth-order valence-corrected chi connectivity index (χ4v) is 3.27. The highest BCUT2D eigenvalue weighted by molar-refractivity contribution is 6.42. The molecule has 1 aromatic rings. The van der Waals surface area contributed by atoms with Gasteiger partial charge in [0, 0.05) is 7.05 Å². The number of rotatable bonds is 4. The third-order valence-corrected chi connectivity index (χ3v) is 4.91. The number of imide groups is 1. The minimum Gasteiger partial charge on any atom is -0.341 e. The predicted octanol–water partition coefficient (Wildman–Crippen LogP) is 4.11. The molecule has 22 heavy (non-hydrogen) atoms. The third kappa shape index (κ3) is 4.37. The van der Waals surface area contributed by atoms with Gasteiger partial charge in [-0.15, -0.1) is 0 Å². The van der Waals surface area contributed by atoms with E-state index in [-0.39, 0.29) is 5.91 Å². The van der Waals surface area contributed by atoms with Crippen molar-refractivity contribution in [3.8, 4) is 0 Å². The molecule has 0 bridgehead atoms. The van der Waals surface area contributed by atoms with Crippen LogP contribution in [0.2, 0.25) is 10.0 Å². The van der Waals surface area contributed by atoms with Crippen molar-refractivity contribution < 1.29 is 9.59 Å². The summed E-state index contributed by atoms with van der Waals surface area (Å²) >= 11 is 12.0. The summed E-state index contributed by atoms with van der Waals surface area (Å²) in [6, 6.07) is 4.71. The van der Waals surface area contributed by atoms with E-state index in [1.54, 1.807) is 18.2 Å². The maximum absolute atomic E-state index is 12.4. The van der Waals surface area contributed by atoms with Gasteiger partial charge < -0.3 is 5.32 Å². The molecule has 4 nitrogen and oxygen atoms in total. The monoisotopic (exact) mass is 342 g/mol. The standard InChI is InChI=1S/C16H20Cl2N2O2/c1-19-16(22)20-15(21)12(8-10-4-2-3-5-10)11-6-7-13(17)14(18)9-11/h6-7,9-10,12H,2-5,8H2,1H3,(H2,19,20,21,22)/t12-/m1/s1. The third-order valence-electron chi connectivity index (χ3n) is 4.17. The number of nitrogens with one attached hydrogen (secondary N) is 2. The number of carbonyl (C=O) groups excluding carboxylic acids is 2. The van der Waals surface area contributed by atoms with Crippen LogP contribution < -0.4 is 10.6 Å². The van der Waals surface area contributed by atoms with Crippen molar-refractivity contribution >= 4 is 35.1 Å². The van der Waals surface area contributed by atoms with E-state index in [0.29, 0.717) is 16.0 Å². The van der Waals surface area contributed by atoms with E-state index in [9.17, 15) is 9.59 Å². The van der Waals surface area contributed by atoms with Gasteiger partial charge in [-0.1, -0.05) is 55.0 Å². The molecule has 0 aromatic heterocycles. The fourth-order valence-electron chi connectivity index (χ4n) is 2.96. The summed E-state index contributed by atoms with van der Waals surface area (Å²) in [5.74, 6) is -0.185. The molecule has 1 fully saturated rings. The highest BCUT2D eigenvalue weighted by Crippen LogP contribution is 2.36. The molecule has 0 unspecified atom stereocenters. The lowest BCUT2D eigenvalue weighted by Crippen LogP contribution is -2.40. The van der Waals surface area contributed by atoms with Crippen molar-refractivity contribution in [3.63, 3.8) is 0 Å². The predicted molar refractivity (Wildman–Crippen MR) is 88.4 cm³/mol. The highest BCUT2D eigenvalue weighted by atomic mass is 35.5. The number of urea groups is 1. The molecule has 1 aliphatic rings. The van der Waals surface area contributed by atoms with Gasteiger partial charge in [0.1, 0.15) is 0 Å². The van der Waals surface area contributed by atoms with Crippen molar-refractivity contribution in [2.24, 2.45) is 5.92 Å². The summed E-state index contributed by atoms with van der Waals surface area (Å²) in [7, 11) is 1.48. The van der Waals surface area contributed by atoms with Crippen LogP contribution in [0, 0.1) is 5.92 Å². The van der Waals surface area contributed by atoms with Gasteiger partial charge in [0.2, 0.25) is 5.91 Å². The largest absolute Gasteiger partial charge is 0.341 e. The summed E-state index contributed by atoms with van der Waals surface area (Å²) in [4.78, 5) is 23.9. The molecule has 6 heteroatoms. The number of carbonyl (C=O) groups is 2. The van der Waals surface area contributed by atoms with Crippen molar-refractivity contribution in [2.45, 2.75) is 38.0 Å². The number of hydrogen-bond acceptors (Lipinski definition) is 2. The zero-order chi connectivity index (χ0) is 16.1. The lowest BCUT2D eigenvalue weighted by atomic mass is 9.87. The molecule has 3 amide bonds. The van der Waals surface area contributed by atoms with Gasteiger partial charge in [0.25, 0.3) is 0 Å². The van der Waals surface area contributed by atoms with Crippen molar-refractivity contribution in [1.82, 2.24) is 10.6 Å². The van der Waals surface area contributed by atoms with Crippen molar-refractivity contribution in [2.75, 3.05) is 7.05 Å². The summed E-state index contributed by atoms with van der Waals surface area (Å²) < 4.78 is 0. The summed E-state index contributed by atoms with van der Waals surface area (Å²) in [6.07, 6.45) is 5.39. The van der Waals surface area contributed by atoms with E-state index in [4.69, 9.17) is 23.2 Å². The summed E-state index contributed by atoms with van der Waals surface area (Å²) in [5, 5.41) is 5.64. The average molecular weight is 343 g/mol. The van der Waals surface area contributed by atoms with Crippen LogP contribution in [0.5, 0.6) is 0 Å². The lowest BCUT2D eigenvalue weighted by molar-refractivity contribution is -0.121. The molecular weight excluding hydrogens is 323 g/mol. The minimum atomic E-state index is -0.499. The number of benzene rings is 1. The smallest absolute Gasteiger partial charge is 0.321 e. The van der Waals surface area contributed by atoms with Crippen molar-refractivity contribution in [1.29, 1.82) is 0 Å². The highest BCUT2D eigenvalue weighted by Gasteiger charge is 2.27. The number of halogens is 2. The quantitative estimate of drug-likeness (QED) is 0.864. The molecule has 2 rings (SSSR count). The van der Waals surface area contributed by atoms with Gasteiger partial charge in [-0.05, 0) is 30.0 Å². The Morgan fingerprint density at radius 2 is 1.91 bits per heavy atom. The normalized spacial score (nSPS) is 16.3. The second-order valence-corrected chi connectivity index (χ2v) is 6.50. The Morgan fingerprint density at radius 3 is 2.50 bits per heavy atom. The molecule has 0 saturated heterocycles. The zero-order valence-electron chi connectivity index (χ0n) is 12.5. The first-order chi connectivity index (χ1) is 10.5. The Hall–Kier alpha value is -1.26. The number of hydrogen-bond donors (Lipinski definition) is 2. The van der Waals surface area contributed by atoms with E-state index >= 15 is 0 Å². The van der Waals surface area contributed by atoms with Crippen LogP contribution in [0.4, 0.5) is 4.79 Å². The van der Waals surface area contributed by atoms with Gasteiger partial charge in [-0.2, -0.15) is 0 Å². The molecule has 1 aromatic carbocycles. The van der Waals surface area contributed by atoms with E-state index in [1.165, 1.54) is 19.9 Å². The summed E-state index contributed by atoms with van der Waals surface area (Å²) in [5.41, 5.74) is 0.794. The Kier molecular flexibility index (Phi) is 6.09. The van der Waals surface area contributed by atoms with Crippen LogP contribution >= 0.6 is 23.2 Å². The molecule has 1 atom stereocenters. The maximum Gasteiger partial charge on any atom is 0.321 e.